The van der Waals surface area contributed by atoms with E-state index in [9.17, 15) is 4.79 Å². The molecule has 7 heavy (non-hydrogen) atoms. The third kappa shape index (κ3) is 7.83. The summed E-state index contributed by atoms with van der Waals surface area (Å²) in [6.07, 6.45) is 0. The first-order valence-corrected chi connectivity index (χ1v) is 1.63. The normalized spacial score (nSPS) is 6.57. The van der Waals surface area contributed by atoms with Gasteiger partial charge in [-0.2, -0.15) is 0 Å². The predicted octanol–water partition coefficient (Wildman–Crippen LogP) is -1.28. The summed E-state index contributed by atoms with van der Waals surface area (Å²) in [4.78, 5) is 9.63. The van der Waals surface area contributed by atoms with Crippen molar-refractivity contribution < 1.29 is 14.1 Å². The van der Waals surface area contributed by atoms with E-state index in [1.807, 2.05) is 0 Å². The number of carbonyl (C=O) groups is 1. The number of carbonyl (C=O) groups excluding carboxylic acids is 1. The SMILES string of the molecule is O=C(CO)OS.[CsH]. The Morgan fingerprint density at radius 3 is 2.29 bits per heavy atom. The number of thiol groups is 1. The molecule has 0 bridgehead atoms. The first kappa shape index (κ1) is 11.6. The second-order valence-electron chi connectivity index (χ2n) is 0.621. The fraction of sp³-hybridized carbons (Fsp3) is 0.500. The van der Waals surface area contributed by atoms with Crippen LogP contribution in [-0.2, 0) is 8.98 Å². The van der Waals surface area contributed by atoms with Gasteiger partial charge in [-0.25, -0.2) is 4.79 Å². The molecule has 0 unspecified atom stereocenters. The van der Waals surface area contributed by atoms with Crippen LogP contribution in [0.25, 0.3) is 0 Å². The van der Waals surface area contributed by atoms with Crippen LogP contribution in [0.15, 0.2) is 0 Å². The molecule has 0 aromatic rings. The zero-order chi connectivity index (χ0) is 4.99. The minimum absolute atomic E-state index is 0. The van der Waals surface area contributed by atoms with Crippen LogP contribution in [0.3, 0.4) is 0 Å². The molecule has 38 valence electrons. The van der Waals surface area contributed by atoms with Crippen LogP contribution in [-0.4, -0.2) is 86.6 Å². The van der Waals surface area contributed by atoms with Crippen molar-refractivity contribution in [3.63, 3.8) is 0 Å². The zero-order valence-corrected chi connectivity index (χ0v) is 3.81. The minimum atomic E-state index is -0.738. The van der Waals surface area contributed by atoms with Crippen molar-refractivity contribution in [3.8, 4) is 0 Å². The molecule has 0 aliphatic rings. The van der Waals surface area contributed by atoms with Crippen LogP contribution in [0, 0.1) is 0 Å². The number of aliphatic hydroxyl groups excluding tert-OH is 1. The predicted molar refractivity (Wildman–Crippen MR) is 29.3 cm³/mol. The van der Waals surface area contributed by atoms with Gasteiger partial charge in [0, 0.05) is 12.9 Å². The summed E-state index contributed by atoms with van der Waals surface area (Å²) in [6, 6.07) is 0. The molecule has 0 aliphatic heterocycles. The van der Waals surface area contributed by atoms with Gasteiger partial charge in [-0.15, -0.1) is 0 Å². The molecular formula is C2H5CsO3S. The molecular weight excluding hydrogens is 237 g/mol. The van der Waals surface area contributed by atoms with Crippen molar-refractivity contribution in [2.24, 2.45) is 0 Å². The van der Waals surface area contributed by atoms with Gasteiger partial charge in [0.25, 0.3) is 0 Å². The molecule has 0 amide bonds. The monoisotopic (exact) mass is 242 g/mol. The Kier molecular flexibility index (Phi) is 13.0. The van der Waals surface area contributed by atoms with Crippen molar-refractivity contribution in [2.75, 3.05) is 6.61 Å². The van der Waals surface area contributed by atoms with Crippen molar-refractivity contribution in [1.29, 1.82) is 0 Å². The third-order valence-electron chi connectivity index (χ3n) is 0.231. The Labute approximate surface area is 106 Å². The Morgan fingerprint density at radius 2 is 2.29 bits per heavy atom. The molecule has 0 aromatic carbocycles. The Hall–Kier alpha value is 1.83. The van der Waals surface area contributed by atoms with Gasteiger partial charge in [-0.05, 0) is 0 Å². The van der Waals surface area contributed by atoms with Crippen molar-refractivity contribution >= 4 is 87.8 Å². The quantitative estimate of drug-likeness (QED) is 0.444. The van der Waals surface area contributed by atoms with Gasteiger partial charge in [0.15, 0.2) is 0 Å². The van der Waals surface area contributed by atoms with Gasteiger partial charge < -0.3 is 9.29 Å². The molecule has 5 heteroatoms. The number of aliphatic hydroxyl groups is 1. The second-order valence-corrected chi connectivity index (χ2v) is 0.804. The average Bonchev–Trinajstić information content (AvgIpc) is 1.65. The molecule has 0 rings (SSSR count). The summed E-state index contributed by atoms with van der Waals surface area (Å²) < 4.78 is 3.70. The Morgan fingerprint density at radius 1 is 1.86 bits per heavy atom. The summed E-state index contributed by atoms with van der Waals surface area (Å²) in [6.45, 7) is -0.608. The molecule has 0 atom stereocenters. The zero-order valence-electron chi connectivity index (χ0n) is 2.92. The molecule has 3 nitrogen and oxygen atoms in total. The van der Waals surface area contributed by atoms with Gasteiger partial charge >= 0.3 is 74.9 Å². The third-order valence-corrected chi connectivity index (χ3v) is 0.435. The summed E-state index contributed by atoms with van der Waals surface area (Å²) >= 11 is 3.09. The molecule has 0 radical (unpaired) electrons. The standard InChI is InChI=1S/C2H4O3S.Cs.H/c3-1-2(4)5-6;;/h3,6H,1H2;;. The number of hydrogen-bond acceptors (Lipinski definition) is 4. The maximum absolute atomic E-state index is 9.63. The summed E-state index contributed by atoms with van der Waals surface area (Å²) in [5.74, 6) is -0.738. The average molecular weight is 242 g/mol. The fourth-order valence-electron chi connectivity index (χ4n) is 0.0289. The summed E-state index contributed by atoms with van der Waals surface area (Å²) in [5, 5.41) is 7.81. The molecule has 0 spiro atoms. The van der Waals surface area contributed by atoms with Crippen LogP contribution in [0.5, 0.6) is 0 Å². The van der Waals surface area contributed by atoms with E-state index in [2.05, 4.69) is 17.1 Å². The number of rotatable bonds is 1. The van der Waals surface area contributed by atoms with E-state index in [0.29, 0.717) is 0 Å². The molecule has 0 saturated carbocycles. The Balaban J connectivity index is 0. The Bertz CT molecular complexity index is 50.9. The molecule has 0 heterocycles. The van der Waals surface area contributed by atoms with Gasteiger partial charge in [0.2, 0.25) is 0 Å². The van der Waals surface area contributed by atoms with Crippen LogP contribution < -0.4 is 0 Å². The first-order chi connectivity index (χ1) is 2.81. The van der Waals surface area contributed by atoms with E-state index < -0.39 is 12.6 Å². The molecule has 1 N–H and O–H groups in total. The first-order valence-electron chi connectivity index (χ1n) is 1.26. The number of hydrogen-bond donors (Lipinski definition) is 2. The van der Waals surface area contributed by atoms with E-state index in [1.165, 1.54) is 0 Å². The molecule has 0 aliphatic carbocycles. The van der Waals surface area contributed by atoms with Crippen LogP contribution >= 0.6 is 12.9 Å². The topological polar surface area (TPSA) is 46.5 Å². The van der Waals surface area contributed by atoms with Gasteiger partial charge in [0.1, 0.15) is 6.61 Å². The van der Waals surface area contributed by atoms with Crippen molar-refractivity contribution in [2.45, 2.75) is 0 Å². The summed E-state index contributed by atoms with van der Waals surface area (Å²) in [7, 11) is 0. The maximum atomic E-state index is 9.63. The van der Waals surface area contributed by atoms with Gasteiger partial charge in [-0.1, -0.05) is 0 Å². The van der Waals surface area contributed by atoms with Crippen molar-refractivity contribution in [1.82, 2.24) is 0 Å². The van der Waals surface area contributed by atoms with E-state index in [0.717, 1.165) is 0 Å². The van der Waals surface area contributed by atoms with Gasteiger partial charge in [0.05, 0.1) is 0 Å². The summed E-state index contributed by atoms with van der Waals surface area (Å²) in [5.41, 5.74) is 0. The molecule has 0 aromatic heterocycles. The van der Waals surface area contributed by atoms with Crippen LogP contribution in [0.2, 0.25) is 0 Å². The van der Waals surface area contributed by atoms with Crippen LogP contribution in [0.4, 0.5) is 0 Å². The second kappa shape index (κ2) is 7.83. The van der Waals surface area contributed by atoms with Crippen LogP contribution in [0.1, 0.15) is 0 Å². The van der Waals surface area contributed by atoms with E-state index in [4.69, 9.17) is 5.11 Å². The molecule has 0 fully saturated rings. The van der Waals surface area contributed by atoms with E-state index in [-0.39, 0.29) is 68.9 Å². The van der Waals surface area contributed by atoms with E-state index in [1.54, 1.807) is 0 Å². The van der Waals surface area contributed by atoms with Gasteiger partial charge in [-0.3, -0.25) is 0 Å². The van der Waals surface area contributed by atoms with E-state index >= 15 is 0 Å². The molecule has 0 saturated heterocycles. The van der Waals surface area contributed by atoms with Crippen molar-refractivity contribution in [3.05, 3.63) is 0 Å². The fourth-order valence-corrected chi connectivity index (χ4v) is 0.0866.